The first kappa shape index (κ1) is 16.5. The number of piperidine rings is 1. The van der Waals surface area contributed by atoms with Gasteiger partial charge in [0.05, 0.1) is 0 Å². The molecular weight excluding hydrogens is 256 g/mol. The molecule has 0 aromatic heterocycles. The minimum atomic E-state index is 0.443. The molecule has 0 amide bonds. The number of aryl methyl sites for hydroxylation is 1. The maximum absolute atomic E-state index is 3.51. The van der Waals surface area contributed by atoms with Crippen molar-refractivity contribution in [3.8, 4) is 0 Å². The normalized spacial score (nSPS) is 25.0. The highest BCUT2D eigenvalue weighted by molar-refractivity contribution is 5.25. The van der Waals surface area contributed by atoms with Crippen molar-refractivity contribution in [2.75, 3.05) is 26.7 Å². The SMILES string of the molecule is CCCc1ccc(C(CN2CC(C)CC(C)C2)NC)cc1. The fourth-order valence-electron chi connectivity index (χ4n) is 3.77. The van der Waals surface area contributed by atoms with Gasteiger partial charge < -0.3 is 10.2 Å². The van der Waals surface area contributed by atoms with Crippen molar-refractivity contribution < 1.29 is 0 Å². The van der Waals surface area contributed by atoms with E-state index in [1.165, 1.54) is 43.5 Å². The number of nitrogens with one attached hydrogen (secondary N) is 1. The van der Waals surface area contributed by atoms with Gasteiger partial charge in [-0.15, -0.1) is 0 Å². The van der Waals surface area contributed by atoms with E-state index < -0.39 is 0 Å². The molecule has 1 aliphatic rings. The van der Waals surface area contributed by atoms with Crippen LogP contribution in [-0.2, 0) is 6.42 Å². The van der Waals surface area contributed by atoms with Gasteiger partial charge in [0.15, 0.2) is 0 Å². The second-order valence-corrected chi connectivity index (χ2v) is 7.00. The molecule has 1 heterocycles. The summed E-state index contributed by atoms with van der Waals surface area (Å²) >= 11 is 0. The number of hydrogen-bond donors (Lipinski definition) is 1. The van der Waals surface area contributed by atoms with Crippen molar-refractivity contribution in [1.29, 1.82) is 0 Å². The standard InChI is InChI=1S/C19H32N2/c1-5-6-17-7-9-18(10-8-17)19(20-4)14-21-12-15(2)11-16(3)13-21/h7-10,15-16,19-20H,5-6,11-14H2,1-4H3. The van der Waals surface area contributed by atoms with E-state index in [-0.39, 0.29) is 0 Å². The van der Waals surface area contributed by atoms with Gasteiger partial charge >= 0.3 is 0 Å². The summed E-state index contributed by atoms with van der Waals surface area (Å²) in [4.78, 5) is 2.64. The van der Waals surface area contributed by atoms with E-state index in [0.29, 0.717) is 6.04 Å². The lowest BCUT2D eigenvalue weighted by molar-refractivity contribution is 0.129. The zero-order valence-electron chi connectivity index (χ0n) is 14.2. The highest BCUT2D eigenvalue weighted by Gasteiger charge is 2.24. The Bertz CT molecular complexity index is 402. The highest BCUT2D eigenvalue weighted by atomic mass is 15.2. The van der Waals surface area contributed by atoms with Crippen LogP contribution in [0.1, 0.15) is 50.8 Å². The molecule has 118 valence electrons. The van der Waals surface area contributed by atoms with Crippen LogP contribution in [-0.4, -0.2) is 31.6 Å². The summed E-state index contributed by atoms with van der Waals surface area (Å²) in [6.07, 6.45) is 3.79. The average molecular weight is 288 g/mol. The lowest BCUT2D eigenvalue weighted by Crippen LogP contribution is -2.42. The van der Waals surface area contributed by atoms with Gasteiger partial charge in [0.25, 0.3) is 0 Å². The third kappa shape index (κ3) is 4.82. The molecule has 3 atom stereocenters. The molecule has 2 heteroatoms. The molecule has 2 nitrogen and oxygen atoms in total. The van der Waals surface area contributed by atoms with Gasteiger partial charge in [0.1, 0.15) is 0 Å². The second-order valence-electron chi connectivity index (χ2n) is 7.00. The summed E-state index contributed by atoms with van der Waals surface area (Å²) < 4.78 is 0. The maximum Gasteiger partial charge on any atom is 0.0446 e. The minimum Gasteiger partial charge on any atom is -0.312 e. The molecule has 0 aliphatic carbocycles. The smallest absolute Gasteiger partial charge is 0.0446 e. The number of benzene rings is 1. The Morgan fingerprint density at radius 1 is 1.14 bits per heavy atom. The Morgan fingerprint density at radius 2 is 1.76 bits per heavy atom. The lowest BCUT2D eigenvalue weighted by Gasteiger charge is -2.37. The van der Waals surface area contributed by atoms with Crippen molar-refractivity contribution in [1.82, 2.24) is 10.2 Å². The van der Waals surface area contributed by atoms with E-state index in [4.69, 9.17) is 0 Å². The van der Waals surface area contributed by atoms with Crippen LogP contribution in [0.3, 0.4) is 0 Å². The van der Waals surface area contributed by atoms with E-state index in [2.05, 4.69) is 62.3 Å². The van der Waals surface area contributed by atoms with Crippen LogP contribution in [0.25, 0.3) is 0 Å². The number of hydrogen-bond acceptors (Lipinski definition) is 2. The predicted octanol–water partition coefficient (Wildman–Crippen LogP) is 3.88. The van der Waals surface area contributed by atoms with E-state index >= 15 is 0 Å². The summed E-state index contributed by atoms with van der Waals surface area (Å²) in [5.74, 6) is 1.66. The Hall–Kier alpha value is -0.860. The van der Waals surface area contributed by atoms with Gasteiger partial charge in [-0.3, -0.25) is 0 Å². The van der Waals surface area contributed by atoms with E-state index in [9.17, 15) is 0 Å². The molecule has 1 aliphatic heterocycles. The first-order chi connectivity index (χ1) is 10.1. The summed E-state index contributed by atoms with van der Waals surface area (Å²) in [5.41, 5.74) is 2.87. The van der Waals surface area contributed by atoms with Gasteiger partial charge in [-0.05, 0) is 42.9 Å². The van der Waals surface area contributed by atoms with E-state index in [1.54, 1.807) is 0 Å². The molecule has 21 heavy (non-hydrogen) atoms. The molecular formula is C19H32N2. The molecule has 1 aromatic rings. The van der Waals surface area contributed by atoms with Crippen molar-refractivity contribution in [2.45, 2.75) is 46.1 Å². The fraction of sp³-hybridized carbons (Fsp3) is 0.684. The number of rotatable bonds is 6. The van der Waals surface area contributed by atoms with Crippen LogP contribution in [0.4, 0.5) is 0 Å². The zero-order chi connectivity index (χ0) is 15.2. The number of likely N-dealkylation sites (N-methyl/N-ethyl adjacent to an activating group) is 1. The first-order valence-electron chi connectivity index (χ1n) is 8.60. The third-order valence-electron chi connectivity index (χ3n) is 4.65. The van der Waals surface area contributed by atoms with Gasteiger partial charge in [-0.2, -0.15) is 0 Å². The Balaban J connectivity index is 1.98. The zero-order valence-corrected chi connectivity index (χ0v) is 14.2. The predicted molar refractivity (Wildman–Crippen MR) is 91.6 cm³/mol. The minimum absolute atomic E-state index is 0.443. The summed E-state index contributed by atoms with van der Waals surface area (Å²) in [6.45, 7) is 10.6. The largest absolute Gasteiger partial charge is 0.312 e. The molecule has 0 saturated carbocycles. The third-order valence-corrected chi connectivity index (χ3v) is 4.65. The first-order valence-corrected chi connectivity index (χ1v) is 8.60. The molecule has 3 unspecified atom stereocenters. The average Bonchev–Trinajstić information content (AvgIpc) is 2.45. The van der Waals surface area contributed by atoms with Gasteiger partial charge in [0.2, 0.25) is 0 Å². The number of nitrogens with zero attached hydrogens (tertiary/aromatic N) is 1. The second kappa shape index (κ2) is 7.95. The highest BCUT2D eigenvalue weighted by Crippen LogP contribution is 2.23. The van der Waals surface area contributed by atoms with Crippen LogP contribution in [0.15, 0.2) is 24.3 Å². The van der Waals surface area contributed by atoms with E-state index in [1.807, 2.05) is 0 Å². The molecule has 1 saturated heterocycles. The molecule has 1 aromatic carbocycles. The van der Waals surface area contributed by atoms with Gasteiger partial charge in [-0.25, -0.2) is 0 Å². The van der Waals surface area contributed by atoms with Crippen LogP contribution in [0, 0.1) is 11.8 Å². The maximum atomic E-state index is 3.51. The molecule has 1 fully saturated rings. The van der Waals surface area contributed by atoms with Crippen molar-refractivity contribution >= 4 is 0 Å². The van der Waals surface area contributed by atoms with Crippen LogP contribution < -0.4 is 5.32 Å². The van der Waals surface area contributed by atoms with Crippen molar-refractivity contribution in [2.24, 2.45) is 11.8 Å². The fourth-order valence-corrected chi connectivity index (χ4v) is 3.77. The van der Waals surface area contributed by atoms with Crippen LogP contribution >= 0.6 is 0 Å². The van der Waals surface area contributed by atoms with Crippen molar-refractivity contribution in [3.63, 3.8) is 0 Å². The molecule has 0 radical (unpaired) electrons. The van der Waals surface area contributed by atoms with Gasteiger partial charge in [-0.1, -0.05) is 51.5 Å². The quantitative estimate of drug-likeness (QED) is 0.854. The van der Waals surface area contributed by atoms with Crippen molar-refractivity contribution in [3.05, 3.63) is 35.4 Å². The summed E-state index contributed by atoms with van der Waals surface area (Å²) in [6, 6.07) is 9.65. The molecule has 0 spiro atoms. The Morgan fingerprint density at radius 3 is 2.29 bits per heavy atom. The number of likely N-dealkylation sites (tertiary alicyclic amines) is 1. The summed E-state index contributed by atoms with van der Waals surface area (Å²) in [7, 11) is 2.08. The van der Waals surface area contributed by atoms with E-state index in [0.717, 1.165) is 18.4 Å². The monoisotopic (exact) mass is 288 g/mol. The summed E-state index contributed by atoms with van der Waals surface area (Å²) in [5, 5.41) is 3.51. The Kier molecular flexibility index (Phi) is 6.25. The Labute approximate surface area is 130 Å². The van der Waals surface area contributed by atoms with Crippen LogP contribution in [0.2, 0.25) is 0 Å². The topological polar surface area (TPSA) is 15.3 Å². The molecule has 1 N–H and O–H groups in total. The van der Waals surface area contributed by atoms with Crippen LogP contribution in [0.5, 0.6) is 0 Å². The molecule has 2 rings (SSSR count). The molecule has 0 bridgehead atoms. The lowest BCUT2D eigenvalue weighted by atomic mass is 9.91. The van der Waals surface area contributed by atoms with Gasteiger partial charge in [0, 0.05) is 25.7 Å².